The Hall–Kier alpha value is -0.870. The molecule has 1 aromatic rings. The summed E-state index contributed by atoms with van der Waals surface area (Å²) in [5.41, 5.74) is 1.97. The number of hydrogen-bond acceptors (Lipinski definition) is 2. The number of rotatable bonds is 5. The van der Waals surface area contributed by atoms with Crippen LogP contribution in [0.5, 0.6) is 0 Å². The average molecular weight is 299 g/mol. The van der Waals surface area contributed by atoms with E-state index in [4.69, 9.17) is 0 Å². The second-order valence-electron chi connectivity index (χ2n) is 4.56. The van der Waals surface area contributed by atoms with Gasteiger partial charge in [-0.2, -0.15) is 0 Å². The number of benzene rings is 1. The molecule has 94 valence electrons. The van der Waals surface area contributed by atoms with E-state index in [1.165, 1.54) is 0 Å². The van der Waals surface area contributed by atoms with Gasteiger partial charge < -0.3 is 10.6 Å². The highest BCUT2D eigenvalue weighted by Crippen LogP contribution is 2.23. The predicted octanol–water partition coefficient (Wildman–Crippen LogP) is 2.94. The molecule has 0 radical (unpaired) electrons. The summed E-state index contributed by atoms with van der Waals surface area (Å²) in [4.78, 5) is 11.6. The van der Waals surface area contributed by atoms with Crippen LogP contribution in [0, 0.1) is 12.8 Å². The van der Waals surface area contributed by atoms with Crippen LogP contribution in [0.2, 0.25) is 0 Å². The first kappa shape index (κ1) is 14.2. The molecule has 1 amide bonds. The van der Waals surface area contributed by atoms with Gasteiger partial charge in [0.05, 0.1) is 12.2 Å². The van der Waals surface area contributed by atoms with Crippen LogP contribution in [-0.4, -0.2) is 19.0 Å². The summed E-state index contributed by atoms with van der Waals surface area (Å²) >= 11 is 3.43. The molecule has 3 nitrogen and oxygen atoms in total. The Balaban J connectivity index is 2.45. The van der Waals surface area contributed by atoms with Crippen LogP contribution in [0.15, 0.2) is 22.7 Å². The molecule has 0 unspecified atom stereocenters. The lowest BCUT2D eigenvalue weighted by Crippen LogP contribution is -2.30. The van der Waals surface area contributed by atoms with Crippen LogP contribution in [0.25, 0.3) is 0 Å². The van der Waals surface area contributed by atoms with E-state index in [2.05, 4.69) is 40.4 Å². The summed E-state index contributed by atoms with van der Waals surface area (Å²) in [7, 11) is 0. The Morgan fingerprint density at radius 2 is 2.12 bits per heavy atom. The molecule has 17 heavy (non-hydrogen) atoms. The molecule has 1 rings (SSSR count). The van der Waals surface area contributed by atoms with E-state index in [1.807, 2.05) is 25.1 Å². The van der Waals surface area contributed by atoms with Gasteiger partial charge in [0, 0.05) is 4.47 Å². The number of aryl methyl sites for hydroxylation is 1. The Kier molecular flexibility index (Phi) is 5.65. The van der Waals surface area contributed by atoms with Crippen LogP contribution < -0.4 is 10.6 Å². The van der Waals surface area contributed by atoms with Gasteiger partial charge in [0.2, 0.25) is 5.91 Å². The molecule has 0 aliphatic heterocycles. The van der Waals surface area contributed by atoms with E-state index >= 15 is 0 Å². The van der Waals surface area contributed by atoms with Crippen molar-refractivity contribution in [2.75, 3.05) is 18.4 Å². The van der Waals surface area contributed by atoms with E-state index in [9.17, 15) is 4.79 Å². The van der Waals surface area contributed by atoms with E-state index in [1.54, 1.807) is 0 Å². The molecule has 1 aromatic carbocycles. The summed E-state index contributed by atoms with van der Waals surface area (Å²) in [5, 5.41) is 5.97. The van der Waals surface area contributed by atoms with Gasteiger partial charge in [0.25, 0.3) is 0 Å². The van der Waals surface area contributed by atoms with Crippen LogP contribution >= 0.6 is 15.9 Å². The van der Waals surface area contributed by atoms with Crippen molar-refractivity contribution in [1.82, 2.24) is 5.32 Å². The lowest BCUT2D eigenvalue weighted by molar-refractivity contribution is -0.115. The van der Waals surface area contributed by atoms with Crippen molar-refractivity contribution in [3.63, 3.8) is 0 Å². The largest absolute Gasteiger partial charge is 0.324 e. The highest BCUT2D eigenvalue weighted by molar-refractivity contribution is 9.10. The Bertz CT molecular complexity index is 391. The van der Waals surface area contributed by atoms with Crippen molar-refractivity contribution in [3.8, 4) is 0 Å². The highest BCUT2D eigenvalue weighted by Gasteiger charge is 2.05. The van der Waals surface area contributed by atoms with Crippen molar-refractivity contribution >= 4 is 27.5 Å². The molecule has 0 aromatic heterocycles. The van der Waals surface area contributed by atoms with Gasteiger partial charge in [0.15, 0.2) is 0 Å². The molecule has 0 atom stereocenters. The van der Waals surface area contributed by atoms with Gasteiger partial charge in [-0.05, 0) is 53.0 Å². The van der Waals surface area contributed by atoms with E-state index < -0.39 is 0 Å². The second kappa shape index (κ2) is 6.77. The number of carbonyl (C=O) groups is 1. The maximum Gasteiger partial charge on any atom is 0.238 e. The number of hydrogen-bond donors (Lipinski definition) is 2. The zero-order chi connectivity index (χ0) is 12.8. The molecular weight excluding hydrogens is 280 g/mol. The Labute approximate surface area is 111 Å². The fourth-order valence-electron chi connectivity index (χ4n) is 1.39. The fourth-order valence-corrected chi connectivity index (χ4v) is 1.98. The normalized spacial score (nSPS) is 10.6. The summed E-state index contributed by atoms with van der Waals surface area (Å²) in [6.07, 6.45) is 0. The lowest BCUT2D eigenvalue weighted by Gasteiger charge is -2.10. The van der Waals surface area contributed by atoms with E-state index in [0.717, 1.165) is 22.3 Å². The topological polar surface area (TPSA) is 41.1 Å². The molecule has 0 aliphatic rings. The molecule has 4 heteroatoms. The van der Waals surface area contributed by atoms with Crippen molar-refractivity contribution in [2.45, 2.75) is 20.8 Å². The minimum atomic E-state index is -0.0183. The minimum absolute atomic E-state index is 0.0183. The Morgan fingerprint density at radius 3 is 2.71 bits per heavy atom. The number of nitrogens with one attached hydrogen (secondary N) is 2. The molecule has 0 saturated heterocycles. The van der Waals surface area contributed by atoms with Crippen LogP contribution in [-0.2, 0) is 4.79 Å². The van der Waals surface area contributed by atoms with Crippen molar-refractivity contribution in [1.29, 1.82) is 0 Å². The molecule has 0 saturated carbocycles. The van der Waals surface area contributed by atoms with Crippen molar-refractivity contribution in [2.24, 2.45) is 5.92 Å². The number of halogens is 1. The van der Waals surface area contributed by atoms with Gasteiger partial charge in [-0.1, -0.05) is 19.9 Å². The maximum absolute atomic E-state index is 11.6. The zero-order valence-electron chi connectivity index (χ0n) is 10.5. The first-order valence-corrected chi connectivity index (χ1v) is 6.55. The summed E-state index contributed by atoms with van der Waals surface area (Å²) in [6.45, 7) is 7.43. The first-order valence-electron chi connectivity index (χ1n) is 5.75. The third-order valence-corrected chi connectivity index (χ3v) is 2.89. The van der Waals surface area contributed by atoms with Crippen LogP contribution in [0.3, 0.4) is 0 Å². The number of anilines is 1. The SMILES string of the molecule is Cc1ccc(NC(=O)CNCC(C)C)c(Br)c1. The average Bonchev–Trinajstić information content (AvgIpc) is 2.21. The molecule has 0 aliphatic carbocycles. The smallest absolute Gasteiger partial charge is 0.238 e. The van der Waals surface area contributed by atoms with E-state index in [0.29, 0.717) is 12.5 Å². The third-order valence-electron chi connectivity index (χ3n) is 2.24. The first-order chi connectivity index (χ1) is 7.99. The predicted molar refractivity (Wildman–Crippen MR) is 75.2 cm³/mol. The van der Waals surface area contributed by atoms with Gasteiger partial charge in [-0.15, -0.1) is 0 Å². The maximum atomic E-state index is 11.6. The second-order valence-corrected chi connectivity index (χ2v) is 5.41. The number of amides is 1. The molecular formula is C13H19BrN2O. The van der Waals surface area contributed by atoms with Crippen LogP contribution in [0.1, 0.15) is 19.4 Å². The standard InChI is InChI=1S/C13H19BrN2O/c1-9(2)7-15-8-13(17)16-12-5-4-10(3)6-11(12)14/h4-6,9,15H,7-8H2,1-3H3,(H,16,17). The zero-order valence-corrected chi connectivity index (χ0v) is 12.1. The minimum Gasteiger partial charge on any atom is -0.324 e. The molecule has 0 heterocycles. The monoisotopic (exact) mass is 298 g/mol. The summed E-state index contributed by atoms with van der Waals surface area (Å²) in [6, 6.07) is 5.86. The van der Waals surface area contributed by atoms with Gasteiger partial charge >= 0.3 is 0 Å². The molecule has 2 N–H and O–H groups in total. The summed E-state index contributed by atoms with van der Waals surface area (Å²) < 4.78 is 0.912. The molecule has 0 bridgehead atoms. The van der Waals surface area contributed by atoms with Gasteiger partial charge in [0.1, 0.15) is 0 Å². The van der Waals surface area contributed by atoms with Crippen molar-refractivity contribution < 1.29 is 4.79 Å². The lowest BCUT2D eigenvalue weighted by atomic mass is 10.2. The molecule has 0 spiro atoms. The van der Waals surface area contributed by atoms with Gasteiger partial charge in [-0.25, -0.2) is 0 Å². The van der Waals surface area contributed by atoms with E-state index in [-0.39, 0.29) is 5.91 Å². The van der Waals surface area contributed by atoms with Gasteiger partial charge in [-0.3, -0.25) is 4.79 Å². The third kappa shape index (κ3) is 5.33. The summed E-state index contributed by atoms with van der Waals surface area (Å²) in [5.74, 6) is 0.532. The quantitative estimate of drug-likeness (QED) is 0.877. The van der Waals surface area contributed by atoms with Crippen molar-refractivity contribution in [3.05, 3.63) is 28.2 Å². The molecule has 0 fully saturated rings. The fraction of sp³-hybridized carbons (Fsp3) is 0.462. The van der Waals surface area contributed by atoms with Crippen LogP contribution in [0.4, 0.5) is 5.69 Å². The number of carbonyl (C=O) groups excluding carboxylic acids is 1. The Morgan fingerprint density at radius 1 is 1.41 bits per heavy atom. The highest BCUT2D eigenvalue weighted by atomic mass is 79.9.